The van der Waals surface area contributed by atoms with Crippen molar-refractivity contribution in [3.05, 3.63) is 62.9 Å². The van der Waals surface area contributed by atoms with E-state index in [1.54, 1.807) is 0 Å². The highest BCUT2D eigenvalue weighted by atomic mass is 79.9. The Morgan fingerprint density at radius 2 is 1.95 bits per heavy atom. The number of nitrogens with zero attached hydrogens (tertiary/aromatic N) is 1. The number of hydrogen-bond acceptors (Lipinski definition) is 3. The van der Waals surface area contributed by atoms with Gasteiger partial charge in [0.1, 0.15) is 5.82 Å². The van der Waals surface area contributed by atoms with Crippen LogP contribution in [0.25, 0.3) is 0 Å². The van der Waals surface area contributed by atoms with Crippen molar-refractivity contribution in [3.63, 3.8) is 0 Å². The minimum atomic E-state index is -0.637. The van der Waals surface area contributed by atoms with E-state index in [0.29, 0.717) is 4.47 Å². The topological polar surface area (TPSA) is 84.3 Å². The Morgan fingerprint density at radius 1 is 1.19 bits per heavy atom. The molecule has 8 heteroatoms. The summed E-state index contributed by atoms with van der Waals surface area (Å²) in [5, 5.41) is 15.5. The minimum Gasteiger partial charge on any atom is -0.307 e. The highest BCUT2D eigenvalue weighted by molar-refractivity contribution is 9.10. The van der Waals surface area contributed by atoms with Crippen LogP contribution in [0.5, 0.6) is 0 Å². The Hall–Kier alpha value is -2.48. The van der Waals surface area contributed by atoms with Crippen molar-refractivity contribution in [3.8, 4) is 0 Å². The summed E-state index contributed by atoms with van der Waals surface area (Å²) < 4.78 is 13.6. The maximum Gasteiger partial charge on any atom is 0.323 e. The Morgan fingerprint density at radius 3 is 2.67 bits per heavy atom. The SMILES string of the molecule is O=C(Nc1cccc([N+](=O)[O-])c1)Nc1cc(F)ccc1Br. The molecule has 0 aliphatic heterocycles. The number of carbonyl (C=O) groups is 1. The molecule has 0 aliphatic carbocycles. The third kappa shape index (κ3) is 3.99. The summed E-state index contributed by atoms with van der Waals surface area (Å²) in [7, 11) is 0. The van der Waals surface area contributed by atoms with Crippen LogP contribution in [0, 0.1) is 15.9 Å². The van der Waals surface area contributed by atoms with E-state index in [1.165, 1.54) is 36.4 Å². The molecule has 0 aliphatic rings. The summed E-state index contributed by atoms with van der Waals surface area (Å²) in [5.41, 5.74) is 0.367. The Bertz CT molecular complexity index is 709. The average Bonchev–Trinajstić information content (AvgIpc) is 2.43. The van der Waals surface area contributed by atoms with E-state index in [9.17, 15) is 19.3 Å². The van der Waals surface area contributed by atoms with E-state index < -0.39 is 16.8 Å². The van der Waals surface area contributed by atoms with Crippen LogP contribution in [-0.4, -0.2) is 11.0 Å². The maximum atomic E-state index is 13.1. The molecule has 108 valence electrons. The van der Waals surface area contributed by atoms with Gasteiger partial charge in [-0.1, -0.05) is 6.07 Å². The van der Waals surface area contributed by atoms with Gasteiger partial charge in [-0.3, -0.25) is 10.1 Å². The van der Waals surface area contributed by atoms with E-state index in [2.05, 4.69) is 26.6 Å². The van der Waals surface area contributed by atoms with Gasteiger partial charge in [0.15, 0.2) is 0 Å². The smallest absolute Gasteiger partial charge is 0.307 e. The molecule has 2 N–H and O–H groups in total. The summed E-state index contributed by atoms with van der Waals surface area (Å²) in [6.45, 7) is 0. The molecule has 0 bridgehead atoms. The fraction of sp³-hybridized carbons (Fsp3) is 0. The zero-order valence-corrected chi connectivity index (χ0v) is 12.1. The van der Waals surface area contributed by atoms with Crippen LogP contribution in [0.2, 0.25) is 0 Å². The van der Waals surface area contributed by atoms with Crippen molar-refractivity contribution in [2.24, 2.45) is 0 Å². The van der Waals surface area contributed by atoms with E-state index in [-0.39, 0.29) is 17.1 Å². The second kappa shape index (κ2) is 6.31. The van der Waals surface area contributed by atoms with Crippen LogP contribution in [0.1, 0.15) is 0 Å². The molecule has 2 aromatic carbocycles. The molecule has 0 atom stereocenters. The number of anilines is 2. The quantitative estimate of drug-likeness (QED) is 0.642. The third-order valence-corrected chi connectivity index (χ3v) is 3.18. The largest absolute Gasteiger partial charge is 0.323 e. The molecule has 2 rings (SSSR count). The van der Waals surface area contributed by atoms with Crippen LogP contribution >= 0.6 is 15.9 Å². The number of carbonyl (C=O) groups excluding carboxylic acids is 1. The Balaban J connectivity index is 2.10. The number of nitrogens with one attached hydrogen (secondary N) is 2. The van der Waals surface area contributed by atoms with Gasteiger partial charge in [0.25, 0.3) is 5.69 Å². The molecular formula is C13H9BrFN3O3. The molecule has 0 radical (unpaired) electrons. The maximum absolute atomic E-state index is 13.1. The molecule has 0 aromatic heterocycles. The lowest BCUT2D eigenvalue weighted by Gasteiger charge is -2.09. The summed E-state index contributed by atoms with van der Waals surface area (Å²) in [6, 6.07) is 8.70. The summed E-state index contributed by atoms with van der Waals surface area (Å²) in [6.07, 6.45) is 0. The van der Waals surface area contributed by atoms with Gasteiger partial charge in [0.2, 0.25) is 0 Å². The van der Waals surface area contributed by atoms with E-state index in [4.69, 9.17) is 0 Å². The van der Waals surface area contributed by atoms with Crippen LogP contribution in [0.15, 0.2) is 46.9 Å². The van der Waals surface area contributed by atoms with E-state index in [1.807, 2.05) is 0 Å². The average molecular weight is 354 g/mol. The predicted molar refractivity (Wildman–Crippen MR) is 79.8 cm³/mol. The van der Waals surface area contributed by atoms with Gasteiger partial charge in [-0.2, -0.15) is 0 Å². The number of rotatable bonds is 3. The summed E-state index contributed by atoms with van der Waals surface area (Å²) in [4.78, 5) is 21.9. The molecule has 0 saturated heterocycles. The first-order valence-corrected chi connectivity index (χ1v) is 6.52. The van der Waals surface area contributed by atoms with Crippen LogP contribution in [0.4, 0.5) is 26.2 Å². The van der Waals surface area contributed by atoms with Gasteiger partial charge in [-0.25, -0.2) is 9.18 Å². The lowest BCUT2D eigenvalue weighted by molar-refractivity contribution is -0.384. The first-order valence-electron chi connectivity index (χ1n) is 5.73. The van der Waals surface area contributed by atoms with Gasteiger partial charge in [-0.15, -0.1) is 0 Å². The lowest BCUT2D eigenvalue weighted by Crippen LogP contribution is -2.19. The minimum absolute atomic E-state index is 0.139. The van der Waals surface area contributed by atoms with Crippen molar-refractivity contribution in [1.82, 2.24) is 0 Å². The highest BCUT2D eigenvalue weighted by Gasteiger charge is 2.10. The van der Waals surface area contributed by atoms with E-state index >= 15 is 0 Å². The van der Waals surface area contributed by atoms with Crippen molar-refractivity contribution in [2.45, 2.75) is 0 Å². The van der Waals surface area contributed by atoms with Crippen molar-refractivity contribution < 1.29 is 14.1 Å². The Kier molecular flexibility index (Phi) is 4.49. The molecule has 21 heavy (non-hydrogen) atoms. The van der Waals surface area contributed by atoms with Gasteiger partial charge < -0.3 is 10.6 Å². The third-order valence-electron chi connectivity index (χ3n) is 2.49. The number of halogens is 2. The normalized spacial score (nSPS) is 10.0. The standard InChI is InChI=1S/C13H9BrFN3O3/c14-11-5-4-8(15)6-12(11)17-13(19)16-9-2-1-3-10(7-9)18(20)21/h1-7H,(H2,16,17,19). The molecule has 2 aromatic rings. The number of nitro groups is 1. The summed E-state index contributed by atoms with van der Waals surface area (Å²) in [5.74, 6) is -0.496. The fourth-order valence-electron chi connectivity index (χ4n) is 1.58. The van der Waals surface area contributed by atoms with Crippen molar-refractivity contribution in [2.75, 3.05) is 10.6 Å². The predicted octanol–water partition coefficient (Wildman–Crippen LogP) is 4.14. The zero-order chi connectivity index (χ0) is 15.4. The van der Waals surface area contributed by atoms with Crippen LogP contribution < -0.4 is 10.6 Å². The molecule has 0 unspecified atom stereocenters. The second-order valence-corrected chi connectivity index (χ2v) is 4.87. The number of non-ortho nitro benzene ring substituents is 1. The van der Waals surface area contributed by atoms with Crippen molar-refractivity contribution in [1.29, 1.82) is 0 Å². The first kappa shape index (κ1) is 14.9. The van der Waals surface area contributed by atoms with E-state index in [0.717, 1.165) is 6.07 Å². The molecule has 2 amide bonds. The zero-order valence-electron chi connectivity index (χ0n) is 10.5. The lowest BCUT2D eigenvalue weighted by atomic mass is 10.3. The van der Waals surface area contributed by atoms with Crippen LogP contribution in [0.3, 0.4) is 0 Å². The second-order valence-electron chi connectivity index (χ2n) is 4.01. The molecule has 0 fully saturated rings. The highest BCUT2D eigenvalue weighted by Crippen LogP contribution is 2.23. The molecule has 0 heterocycles. The monoisotopic (exact) mass is 353 g/mol. The van der Waals surface area contributed by atoms with Gasteiger partial charge in [0.05, 0.1) is 10.6 Å². The number of hydrogen-bond donors (Lipinski definition) is 2. The molecular weight excluding hydrogens is 345 g/mol. The number of urea groups is 1. The fourth-order valence-corrected chi connectivity index (χ4v) is 1.92. The number of nitro benzene ring substituents is 1. The number of amides is 2. The van der Waals surface area contributed by atoms with Gasteiger partial charge in [-0.05, 0) is 40.2 Å². The molecule has 6 nitrogen and oxygen atoms in total. The molecule has 0 spiro atoms. The molecule has 0 saturated carbocycles. The van der Waals surface area contributed by atoms with Crippen LogP contribution in [-0.2, 0) is 0 Å². The number of benzene rings is 2. The van der Waals surface area contributed by atoms with Gasteiger partial charge in [0, 0.05) is 22.3 Å². The van der Waals surface area contributed by atoms with Gasteiger partial charge >= 0.3 is 6.03 Å². The first-order chi connectivity index (χ1) is 9.95. The summed E-state index contributed by atoms with van der Waals surface area (Å²) >= 11 is 3.18. The Labute approximate surface area is 127 Å². The van der Waals surface area contributed by atoms with Crippen molar-refractivity contribution >= 4 is 39.0 Å².